The van der Waals surface area contributed by atoms with E-state index in [4.69, 9.17) is 15.0 Å². The number of hydrogen-bond acceptors (Lipinski definition) is 5. The third kappa shape index (κ3) is 4.72. The summed E-state index contributed by atoms with van der Waals surface area (Å²) in [6, 6.07) is 0.260. The third-order valence-corrected chi connectivity index (χ3v) is 4.74. The van der Waals surface area contributed by atoms with Crippen molar-refractivity contribution in [1.82, 2.24) is 9.88 Å². The van der Waals surface area contributed by atoms with Crippen LogP contribution in [-0.4, -0.2) is 54.9 Å². The van der Waals surface area contributed by atoms with E-state index in [9.17, 15) is 30.8 Å². The van der Waals surface area contributed by atoms with Crippen LogP contribution in [0.5, 0.6) is 5.88 Å². The molecular formula is C13H15F4N3O5S. The van der Waals surface area contributed by atoms with Gasteiger partial charge < -0.3 is 14.7 Å². The van der Waals surface area contributed by atoms with Crippen molar-refractivity contribution < 1.29 is 40.6 Å². The minimum atomic E-state index is -5.00. The molecule has 1 aromatic rings. The van der Waals surface area contributed by atoms with Gasteiger partial charge in [-0.05, 0) is 6.07 Å². The third-order valence-electron chi connectivity index (χ3n) is 3.86. The summed E-state index contributed by atoms with van der Waals surface area (Å²) >= 11 is 0. The molecule has 0 unspecified atom stereocenters. The van der Waals surface area contributed by atoms with E-state index in [2.05, 4.69) is 4.98 Å². The number of hydrogen-bond donors (Lipinski definition) is 2. The van der Waals surface area contributed by atoms with Crippen LogP contribution in [0.2, 0.25) is 0 Å². The molecule has 13 heteroatoms. The highest BCUT2D eigenvalue weighted by atomic mass is 32.2. The van der Waals surface area contributed by atoms with Crippen molar-refractivity contribution in [2.75, 3.05) is 19.7 Å². The van der Waals surface area contributed by atoms with Crippen LogP contribution in [0, 0.1) is 0 Å². The fraction of sp³-hybridized carbons (Fsp3) is 0.538. The van der Waals surface area contributed by atoms with Crippen molar-refractivity contribution in [3.05, 3.63) is 17.8 Å². The zero-order chi connectivity index (χ0) is 19.8. The van der Waals surface area contributed by atoms with Gasteiger partial charge in [0.2, 0.25) is 15.9 Å². The van der Waals surface area contributed by atoms with Crippen LogP contribution in [0.25, 0.3) is 0 Å². The first-order valence-corrected chi connectivity index (χ1v) is 8.76. The average Bonchev–Trinajstić information content (AvgIpc) is 2.51. The normalized spacial score (nSPS) is 17.8. The van der Waals surface area contributed by atoms with E-state index in [1.165, 1.54) is 0 Å². The highest BCUT2D eigenvalue weighted by molar-refractivity contribution is 7.89. The molecule has 26 heavy (non-hydrogen) atoms. The van der Waals surface area contributed by atoms with Crippen LogP contribution < -0.4 is 9.88 Å². The van der Waals surface area contributed by atoms with Gasteiger partial charge >= 0.3 is 12.3 Å². The summed E-state index contributed by atoms with van der Waals surface area (Å²) in [5, 5.41) is 13.6. The number of nitrogens with two attached hydrogens (primary N) is 1. The van der Waals surface area contributed by atoms with Crippen LogP contribution in [0.3, 0.4) is 0 Å². The fourth-order valence-corrected chi connectivity index (χ4v) is 2.83. The number of ether oxygens (including phenoxy) is 1. The number of nitrogens with zero attached hydrogens (tertiary/aromatic N) is 2. The summed E-state index contributed by atoms with van der Waals surface area (Å²) in [4.78, 5) is 14.2. The Kier molecular flexibility index (Phi) is 5.33. The Hall–Kier alpha value is -2.15. The highest BCUT2D eigenvalue weighted by Gasteiger charge is 2.40. The molecule has 1 fully saturated rings. The molecule has 146 valence electrons. The van der Waals surface area contributed by atoms with Gasteiger partial charge in [-0.3, -0.25) is 0 Å². The van der Waals surface area contributed by atoms with Crippen molar-refractivity contribution in [2.45, 2.75) is 29.6 Å². The number of pyridine rings is 1. The molecular weight excluding hydrogens is 386 g/mol. The molecule has 2 rings (SSSR count). The SMILES string of the molecule is NS(=O)(=O)c1cnc(OCC2(F)CCN(C(=O)O)CC2)c(C(F)(F)F)c1. The molecule has 1 saturated heterocycles. The van der Waals surface area contributed by atoms with Crippen LogP contribution in [0.4, 0.5) is 22.4 Å². The number of alkyl halides is 4. The number of aromatic nitrogens is 1. The standard InChI is InChI=1S/C13H15F4N3O5S/c14-12(1-3-20(4-2-12)11(21)22)7-25-10-9(13(15,16)17)5-8(6-19-10)26(18,23)24/h5-6H,1-4,7H2,(H,21,22)(H2,18,23,24). The molecule has 1 aliphatic heterocycles. The van der Waals surface area contributed by atoms with Crippen LogP contribution in [-0.2, 0) is 16.2 Å². The number of carboxylic acid groups (broad SMARTS) is 1. The Balaban J connectivity index is 2.18. The summed E-state index contributed by atoms with van der Waals surface area (Å²) in [5.41, 5.74) is -3.54. The van der Waals surface area contributed by atoms with E-state index in [1.54, 1.807) is 0 Å². The molecule has 0 spiro atoms. The largest absolute Gasteiger partial charge is 0.474 e. The fourth-order valence-electron chi connectivity index (χ4n) is 2.35. The van der Waals surface area contributed by atoms with Gasteiger partial charge in [0.1, 0.15) is 22.7 Å². The second-order valence-corrected chi connectivity index (χ2v) is 7.34. The zero-order valence-electron chi connectivity index (χ0n) is 13.2. The topological polar surface area (TPSA) is 123 Å². The van der Waals surface area contributed by atoms with E-state index in [0.29, 0.717) is 6.20 Å². The van der Waals surface area contributed by atoms with E-state index < -0.39 is 50.9 Å². The summed E-state index contributed by atoms with van der Waals surface area (Å²) in [6.45, 7) is -1.04. The summed E-state index contributed by atoms with van der Waals surface area (Å²) < 4.78 is 81.1. The molecule has 8 nitrogen and oxygen atoms in total. The molecule has 0 radical (unpaired) electrons. The average molecular weight is 401 g/mol. The lowest BCUT2D eigenvalue weighted by Crippen LogP contribution is -2.46. The van der Waals surface area contributed by atoms with Gasteiger partial charge in [-0.2, -0.15) is 13.2 Å². The quantitative estimate of drug-likeness (QED) is 0.739. The maximum absolute atomic E-state index is 14.6. The van der Waals surface area contributed by atoms with Crippen molar-refractivity contribution in [3.8, 4) is 5.88 Å². The summed E-state index contributed by atoms with van der Waals surface area (Å²) in [5.74, 6) is -0.984. The number of carbonyl (C=O) groups is 1. The molecule has 0 bridgehead atoms. The van der Waals surface area contributed by atoms with Gasteiger partial charge in [0.05, 0.1) is 6.20 Å². The van der Waals surface area contributed by atoms with Crippen molar-refractivity contribution in [2.24, 2.45) is 5.14 Å². The first kappa shape index (κ1) is 20.2. The predicted molar refractivity (Wildman–Crippen MR) is 78.8 cm³/mol. The van der Waals surface area contributed by atoms with Crippen LogP contribution in [0.15, 0.2) is 17.2 Å². The molecule has 1 amide bonds. The number of rotatable bonds is 4. The van der Waals surface area contributed by atoms with Crippen molar-refractivity contribution in [1.29, 1.82) is 0 Å². The lowest BCUT2D eigenvalue weighted by Gasteiger charge is -2.34. The van der Waals surface area contributed by atoms with Gasteiger partial charge in [-0.1, -0.05) is 0 Å². The number of amides is 1. The maximum atomic E-state index is 14.6. The number of sulfonamides is 1. The Labute approximate surface area is 145 Å². The number of piperidine rings is 1. The highest BCUT2D eigenvalue weighted by Crippen LogP contribution is 2.37. The Morgan fingerprint density at radius 3 is 2.42 bits per heavy atom. The second-order valence-electron chi connectivity index (χ2n) is 5.78. The van der Waals surface area contributed by atoms with Crippen LogP contribution in [0.1, 0.15) is 18.4 Å². The van der Waals surface area contributed by atoms with Gasteiger partial charge in [-0.25, -0.2) is 27.7 Å². The number of primary sulfonamides is 1. The van der Waals surface area contributed by atoms with Gasteiger partial charge in [-0.15, -0.1) is 0 Å². The Morgan fingerprint density at radius 2 is 1.96 bits per heavy atom. The molecule has 0 saturated carbocycles. The van der Waals surface area contributed by atoms with E-state index in [-0.39, 0.29) is 32.0 Å². The monoisotopic (exact) mass is 401 g/mol. The minimum absolute atomic E-state index is 0.126. The molecule has 1 aliphatic rings. The smallest absolute Gasteiger partial charge is 0.421 e. The van der Waals surface area contributed by atoms with Gasteiger partial charge in [0, 0.05) is 25.9 Å². The lowest BCUT2D eigenvalue weighted by molar-refractivity contribution is -0.140. The summed E-state index contributed by atoms with van der Waals surface area (Å²) in [7, 11) is -4.42. The van der Waals surface area contributed by atoms with E-state index in [0.717, 1.165) is 4.90 Å². The summed E-state index contributed by atoms with van der Waals surface area (Å²) in [6.07, 6.45) is -6.14. The predicted octanol–water partition coefficient (Wildman–Crippen LogP) is 1.61. The van der Waals surface area contributed by atoms with Crippen molar-refractivity contribution >= 4 is 16.1 Å². The minimum Gasteiger partial charge on any atom is -0.474 e. The number of halogens is 4. The van der Waals surface area contributed by atoms with Crippen LogP contribution >= 0.6 is 0 Å². The van der Waals surface area contributed by atoms with Crippen molar-refractivity contribution in [3.63, 3.8) is 0 Å². The van der Waals surface area contributed by atoms with Gasteiger partial charge in [0.25, 0.3) is 0 Å². The molecule has 0 aromatic carbocycles. The second kappa shape index (κ2) is 6.87. The first-order chi connectivity index (χ1) is 11.8. The molecule has 0 atom stereocenters. The maximum Gasteiger partial charge on any atom is 0.421 e. The molecule has 3 N–H and O–H groups in total. The Morgan fingerprint density at radius 1 is 1.38 bits per heavy atom. The zero-order valence-corrected chi connectivity index (χ0v) is 14.0. The van der Waals surface area contributed by atoms with E-state index in [1.807, 2.05) is 0 Å². The number of likely N-dealkylation sites (tertiary alicyclic amines) is 1. The lowest BCUT2D eigenvalue weighted by atomic mass is 9.94. The van der Waals surface area contributed by atoms with E-state index >= 15 is 0 Å². The Bertz CT molecular complexity index is 791. The van der Waals surface area contributed by atoms with Gasteiger partial charge in [0.15, 0.2) is 0 Å². The molecule has 0 aliphatic carbocycles. The first-order valence-electron chi connectivity index (χ1n) is 7.21. The molecule has 2 heterocycles. The molecule has 1 aromatic heterocycles.